The van der Waals surface area contributed by atoms with Crippen LogP contribution in [0.2, 0.25) is 0 Å². The van der Waals surface area contributed by atoms with Gasteiger partial charge in [0.15, 0.2) is 5.82 Å². The van der Waals surface area contributed by atoms with Gasteiger partial charge in [0.2, 0.25) is 0 Å². The molecule has 10 heteroatoms. The van der Waals surface area contributed by atoms with E-state index in [4.69, 9.17) is 19.0 Å². The molecule has 9 nitrogen and oxygen atoms in total. The zero-order valence-corrected chi connectivity index (χ0v) is 29.2. The Kier molecular flexibility index (Phi) is 11.4. The molecule has 1 radical (unpaired) electrons. The van der Waals surface area contributed by atoms with Crippen molar-refractivity contribution >= 4 is 51.4 Å². The van der Waals surface area contributed by atoms with Crippen LogP contribution in [0.25, 0.3) is 33.6 Å². The Bertz CT molecular complexity index is 1840. The number of aromatic nitrogens is 4. The van der Waals surface area contributed by atoms with E-state index in [2.05, 4.69) is 17.1 Å². The summed E-state index contributed by atoms with van der Waals surface area (Å²) < 4.78 is 18.1. The molecule has 1 N–H and O–H groups in total. The summed E-state index contributed by atoms with van der Waals surface area (Å²) in [7, 11) is 0. The van der Waals surface area contributed by atoms with Crippen LogP contribution >= 0.6 is 0 Å². The fourth-order valence-corrected chi connectivity index (χ4v) is 5.72. The molecule has 5 aromatic rings. The van der Waals surface area contributed by atoms with Crippen LogP contribution in [0.1, 0.15) is 50.2 Å². The molecule has 3 heterocycles. The van der Waals surface area contributed by atoms with Crippen LogP contribution in [0, 0.1) is 0 Å². The molecule has 227 valence electrons. The molecular weight excluding hydrogens is 596 g/mol. The number of nitrogens with one attached hydrogen (secondary N) is 1. The summed E-state index contributed by atoms with van der Waals surface area (Å²) in [5.74, 6) is 1.37. The molecule has 1 aliphatic heterocycles. The summed E-state index contributed by atoms with van der Waals surface area (Å²) in [4.78, 5) is 33.4. The van der Waals surface area contributed by atoms with Crippen molar-refractivity contribution in [3.8, 4) is 39.4 Å². The third-order valence-corrected chi connectivity index (χ3v) is 7.97. The molecule has 0 amide bonds. The van der Waals surface area contributed by atoms with Crippen LogP contribution in [-0.4, -0.2) is 90.4 Å². The molecule has 0 bridgehead atoms. The minimum absolute atomic E-state index is 0. The second-order valence-corrected chi connectivity index (χ2v) is 11.0. The second-order valence-electron chi connectivity index (χ2n) is 11.0. The van der Waals surface area contributed by atoms with E-state index in [-0.39, 0.29) is 63.0 Å². The van der Waals surface area contributed by atoms with Gasteiger partial charge in [-0.15, -0.1) is 0 Å². The van der Waals surface area contributed by atoms with E-state index in [0.29, 0.717) is 30.8 Å². The smallest absolute Gasteiger partial charge is 0.439 e. The van der Waals surface area contributed by atoms with Crippen LogP contribution in [-0.2, 0) is 24.1 Å². The summed E-state index contributed by atoms with van der Waals surface area (Å²) in [6.07, 6.45) is 4.16. The minimum atomic E-state index is -0.597. The first-order valence-electron chi connectivity index (χ1n) is 15.3. The summed E-state index contributed by atoms with van der Waals surface area (Å²) in [6, 6.07) is 23.6. The normalized spacial score (nSPS) is 13.4. The second kappa shape index (κ2) is 15.4. The number of hydrogen-bond donors (Lipinski definition) is 1. The predicted molar refractivity (Wildman–Crippen MR) is 175 cm³/mol. The van der Waals surface area contributed by atoms with Crippen molar-refractivity contribution in [3.05, 3.63) is 111 Å². The van der Waals surface area contributed by atoms with E-state index in [1.165, 1.54) is 0 Å². The SMILES string of the molecule is CCCc1nc(CC)c(-c2ccc(OC3CCOCC3)cc2)c(=O)n1Cc1ccc(-c2ccccc2-c2noc(=O)[nH]2)cc1.[K]. The van der Waals surface area contributed by atoms with Crippen LogP contribution < -0.4 is 16.1 Å². The molecule has 1 fully saturated rings. The Morgan fingerprint density at radius 1 is 0.911 bits per heavy atom. The molecule has 0 atom stereocenters. The van der Waals surface area contributed by atoms with Crippen molar-refractivity contribution in [3.63, 3.8) is 0 Å². The molecule has 3 aromatic carbocycles. The average Bonchev–Trinajstić information content (AvgIpc) is 3.50. The Morgan fingerprint density at radius 2 is 1.60 bits per heavy atom. The molecule has 0 spiro atoms. The van der Waals surface area contributed by atoms with E-state index >= 15 is 0 Å². The van der Waals surface area contributed by atoms with Gasteiger partial charge < -0.3 is 9.47 Å². The number of rotatable bonds is 10. The Hall–Kier alpha value is -3.12. The average molecular weight is 632 g/mol. The fourth-order valence-electron chi connectivity index (χ4n) is 5.72. The van der Waals surface area contributed by atoms with Gasteiger partial charge in [-0.25, -0.2) is 9.78 Å². The topological polar surface area (TPSA) is 112 Å². The first-order valence-corrected chi connectivity index (χ1v) is 15.3. The van der Waals surface area contributed by atoms with E-state index in [0.717, 1.165) is 77.6 Å². The molecule has 45 heavy (non-hydrogen) atoms. The third kappa shape index (κ3) is 7.65. The summed E-state index contributed by atoms with van der Waals surface area (Å²) in [5, 5.41) is 3.86. The van der Waals surface area contributed by atoms with Crippen LogP contribution in [0.3, 0.4) is 0 Å². The van der Waals surface area contributed by atoms with Crippen molar-refractivity contribution in [2.45, 2.75) is 58.6 Å². The Morgan fingerprint density at radius 3 is 2.24 bits per heavy atom. The maximum Gasteiger partial charge on any atom is 0.439 e. The van der Waals surface area contributed by atoms with Crippen molar-refractivity contribution in [2.75, 3.05) is 13.2 Å². The molecule has 2 aromatic heterocycles. The molecule has 0 unspecified atom stereocenters. The molecule has 6 rings (SSSR count). The fraction of sp³-hybridized carbons (Fsp3) is 0.314. The van der Waals surface area contributed by atoms with Crippen LogP contribution in [0.5, 0.6) is 5.75 Å². The number of hydrogen-bond acceptors (Lipinski definition) is 7. The van der Waals surface area contributed by atoms with Gasteiger partial charge in [0.05, 0.1) is 31.0 Å². The van der Waals surface area contributed by atoms with Gasteiger partial charge in [0, 0.05) is 76.2 Å². The van der Waals surface area contributed by atoms with Gasteiger partial charge in [-0.1, -0.05) is 79.7 Å². The first kappa shape index (κ1) is 33.2. The zero-order chi connectivity index (χ0) is 30.5. The summed E-state index contributed by atoms with van der Waals surface area (Å²) in [5.41, 5.74) is 5.86. The number of benzene rings is 3. The van der Waals surface area contributed by atoms with Gasteiger partial charge >= 0.3 is 5.76 Å². The van der Waals surface area contributed by atoms with E-state index in [1.54, 1.807) is 0 Å². The number of H-pyrrole nitrogens is 1. The summed E-state index contributed by atoms with van der Waals surface area (Å²) in [6.45, 7) is 5.99. The van der Waals surface area contributed by atoms with Gasteiger partial charge in [0.1, 0.15) is 17.7 Å². The molecule has 1 saturated heterocycles. The van der Waals surface area contributed by atoms with Crippen LogP contribution in [0.15, 0.2) is 86.9 Å². The monoisotopic (exact) mass is 631 g/mol. The largest absolute Gasteiger partial charge is 0.490 e. The van der Waals surface area contributed by atoms with Crippen molar-refractivity contribution in [2.24, 2.45) is 0 Å². The standard InChI is InChI=1S/C35H36N4O5.K/c1-3-7-31-36-30(4-2)32(25-14-16-26(17-15-25)43-27-18-20-42-21-19-27)34(40)39(31)22-23-10-12-24(13-11-23)28-8-5-6-9-29(28)33-37-35(41)44-38-33;/h5-6,8-17,27H,3-4,7,18-22H2,1-2H3,(H,37,38,41);. The van der Waals surface area contributed by atoms with Gasteiger partial charge in [-0.05, 0) is 47.2 Å². The van der Waals surface area contributed by atoms with Gasteiger partial charge in [0.25, 0.3) is 5.56 Å². The molecular formula is C35H36KN4O5. The number of aryl methyl sites for hydroxylation is 2. The Balaban J connectivity index is 0.00000400. The maximum absolute atomic E-state index is 14.2. The van der Waals surface area contributed by atoms with Gasteiger partial charge in [-0.2, -0.15) is 0 Å². The Labute approximate surface area is 304 Å². The maximum atomic E-state index is 14.2. The first-order chi connectivity index (χ1) is 21.5. The quantitative estimate of drug-likeness (QED) is 0.198. The molecule has 0 aliphatic carbocycles. The van der Waals surface area contributed by atoms with Crippen LogP contribution in [0.4, 0.5) is 0 Å². The van der Waals surface area contributed by atoms with Crippen molar-refractivity contribution < 1.29 is 14.0 Å². The van der Waals surface area contributed by atoms with E-state index in [1.807, 2.05) is 84.3 Å². The molecule has 1 aliphatic rings. The summed E-state index contributed by atoms with van der Waals surface area (Å²) >= 11 is 0. The van der Waals surface area contributed by atoms with Crippen molar-refractivity contribution in [1.82, 2.24) is 19.7 Å². The van der Waals surface area contributed by atoms with E-state index < -0.39 is 5.76 Å². The predicted octanol–water partition coefficient (Wildman–Crippen LogP) is 5.66. The van der Waals surface area contributed by atoms with Crippen molar-refractivity contribution in [1.29, 1.82) is 0 Å². The minimum Gasteiger partial charge on any atom is -0.490 e. The van der Waals surface area contributed by atoms with E-state index in [9.17, 15) is 9.59 Å². The van der Waals surface area contributed by atoms with Gasteiger partial charge in [-0.3, -0.25) is 18.9 Å². The zero-order valence-electron chi connectivity index (χ0n) is 26.0. The molecule has 0 saturated carbocycles. The number of ether oxygens (including phenoxy) is 2. The number of nitrogens with zero attached hydrogens (tertiary/aromatic N) is 3. The number of aromatic amines is 1. The third-order valence-electron chi connectivity index (χ3n) is 7.97.